The number of aryl methyl sites for hydroxylation is 2. The summed E-state index contributed by atoms with van der Waals surface area (Å²) in [7, 11) is 1.43. The second kappa shape index (κ2) is 10.2. The predicted octanol–water partition coefficient (Wildman–Crippen LogP) is 2.69. The molecule has 0 aliphatic carbocycles. The lowest BCUT2D eigenvalue weighted by Gasteiger charge is -2.29. The molecule has 0 N–H and O–H groups in total. The van der Waals surface area contributed by atoms with Crippen LogP contribution in [0.1, 0.15) is 35.5 Å². The number of morpholine rings is 1. The Morgan fingerprint density at radius 2 is 2.06 bits per heavy atom. The molecule has 1 unspecified atom stereocenters. The molecule has 9 heteroatoms. The third-order valence-electron chi connectivity index (χ3n) is 6.09. The minimum atomic E-state index is -0.214. The zero-order chi connectivity index (χ0) is 21.8. The van der Waals surface area contributed by atoms with Gasteiger partial charge in [0.25, 0.3) is 0 Å². The molecule has 0 spiro atoms. The van der Waals surface area contributed by atoms with Gasteiger partial charge in [0.15, 0.2) is 0 Å². The maximum absolute atomic E-state index is 11.9. The average Bonchev–Trinajstić information content (AvgIpc) is 3.39. The summed E-state index contributed by atoms with van der Waals surface area (Å²) >= 11 is 1.71. The Hall–Kier alpha value is -1.81. The molecule has 31 heavy (non-hydrogen) atoms. The number of hydrogen-bond donors (Lipinski definition) is 0. The van der Waals surface area contributed by atoms with E-state index in [1.54, 1.807) is 11.3 Å². The molecular formula is C22H32N4O4S. The van der Waals surface area contributed by atoms with E-state index in [0.717, 1.165) is 67.6 Å². The molecule has 8 nitrogen and oxygen atoms in total. The van der Waals surface area contributed by atoms with Crippen LogP contribution in [0.4, 0.5) is 5.82 Å². The first kappa shape index (κ1) is 22.4. The number of carbonyl (C=O) groups excluding carboxylic acids is 1. The van der Waals surface area contributed by atoms with Crippen molar-refractivity contribution in [1.29, 1.82) is 0 Å². The van der Waals surface area contributed by atoms with Gasteiger partial charge < -0.3 is 19.1 Å². The molecule has 2 fully saturated rings. The first-order chi connectivity index (χ1) is 15.0. The summed E-state index contributed by atoms with van der Waals surface area (Å²) < 4.78 is 16.3. The van der Waals surface area contributed by atoms with Crippen molar-refractivity contribution < 1.29 is 19.0 Å². The van der Waals surface area contributed by atoms with Crippen LogP contribution in [0.5, 0.6) is 0 Å². The van der Waals surface area contributed by atoms with E-state index in [1.165, 1.54) is 17.6 Å². The summed E-state index contributed by atoms with van der Waals surface area (Å²) in [6.45, 7) is 10.3. The van der Waals surface area contributed by atoms with Crippen molar-refractivity contribution in [2.45, 2.75) is 45.8 Å². The van der Waals surface area contributed by atoms with Crippen LogP contribution in [0.2, 0.25) is 0 Å². The Balaban J connectivity index is 1.69. The van der Waals surface area contributed by atoms with E-state index in [0.29, 0.717) is 26.1 Å². The van der Waals surface area contributed by atoms with E-state index >= 15 is 0 Å². The fourth-order valence-corrected chi connectivity index (χ4v) is 5.22. The van der Waals surface area contributed by atoms with Gasteiger partial charge in [-0.15, -0.1) is 11.3 Å². The van der Waals surface area contributed by atoms with Crippen molar-refractivity contribution in [1.82, 2.24) is 14.9 Å². The van der Waals surface area contributed by atoms with Gasteiger partial charge in [-0.2, -0.15) is 0 Å². The molecule has 2 aromatic rings. The molecule has 2 aliphatic heterocycles. The average molecular weight is 449 g/mol. The van der Waals surface area contributed by atoms with Gasteiger partial charge in [-0.1, -0.05) is 0 Å². The van der Waals surface area contributed by atoms with E-state index in [2.05, 4.69) is 23.6 Å². The van der Waals surface area contributed by atoms with Crippen LogP contribution in [-0.4, -0.2) is 80.1 Å². The third kappa shape index (κ3) is 5.34. The van der Waals surface area contributed by atoms with Gasteiger partial charge in [0.05, 0.1) is 44.8 Å². The van der Waals surface area contributed by atoms with Crippen molar-refractivity contribution in [3.05, 3.63) is 16.3 Å². The zero-order valence-electron chi connectivity index (χ0n) is 18.7. The van der Waals surface area contributed by atoms with E-state index in [1.807, 2.05) is 0 Å². The number of nitrogens with zero attached hydrogens (tertiary/aromatic N) is 4. The van der Waals surface area contributed by atoms with Crippen LogP contribution in [0.3, 0.4) is 0 Å². The molecule has 4 heterocycles. The van der Waals surface area contributed by atoms with Gasteiger partial charge in [-0.05, 0) is 32.3 Å². The van der Waals surface area contributed by atoms with Crippen LogP contribution in [0.25, 0.3) is 10.2 Å². The highest BCUT2D eigenvalue weighted by Crippen LogP contribution is 2.36. The van der Waals surface area contributed by atoms with Gasteiger partial charge in [-0.25, -0.2) is 9.97 Å². The van der Waals surface area contributed by atoms with Gasteiger partial charge in [-0.3, -0.25) is 9.69 Å². The lowest BCUT2D eigenvalue weighted by Crippen LogP contribution is -2.37. The number of methoxy groups -OCH3 is 1. The van der Waals surface area contributed by atoms with Crippen molar-refractivity contribution >= 4 is 33.3 Å². The number of rotatable bonds is 8. The number of carbonyl (C=O) groups is 1. The Morgan fingerprint density at radius 3 is 2.77 bits per heavy atom. The molecule has 0 radical (unpaired) electrons. The van der Waals surface area contributed by atoms with E-state index in [9.17, 15) is 4.79 Å². The van der Waals surface area contributed by atoms with Gasteiger partial charge in [0, 0.05) is 37.7 Å². The summed E-state index contributed by atoms with van der Waals surface area (Å²) in [4.78, 5) is 28.7. The number of ether oxygens (including phenoxy) is 3. The van der Waals surface area contributed by atoms with Crippen LogP contribution in [0, 0.1) is 13.8 Å². The smallest absolute Gasteiger partial charge is 0.307 e. The minimum absolute atomic E-state index is 0.158. The number of anilines is 1. The quantitative estimate of drug-likeness (QED) is 0.571. The highest BCUT2D eigenvalue weighted by molar-refractivity contribution is 7.18. The van der Waals surface area contributed by atoms with Gasteiger partial charge in [0.1, 0.15) is 16.5 Å². The molecule has 170 valence electrons. The molecule has 2 saturated heterocycles. The minimum Gasteiger partial charge on any atom is -0.469 e. The molecule has 0 saturated carbocycles. The maximum Gasteiger partial charge on any atom is 0.307 e. The molecule has 1 atom stereocenters. The Bertz CT molecular complexity index is 907. The molecule has 0 bridgehead atoms. The molecule has 0 aromatic carbocycles. The van der Waals surface area contributed by atoms with Crippen LogP contribution in [-0.2, 0) is 25.5 Å². The van der Waals surface area contributed by atoms with Crippen molar-refractivity contribution in [2.75, 3.05) is 58.0 Å². The van der Waals surface area contributed by atoms with E-state index < -0.39 is 0 Å². The number of aromatic nitrogens is 2. The number of thiophene rings is 1. The highest BCUT2D eigenvalue weighted by atomic mass is 32.1. The second-order valence-corrected chi connectivity index (χ2v) is 9.43. The fraction of sp³-hybridized carbons (Fsp3) is 0.682. The number of fused-ring (bicyclic) bond motifs is 1. The summed E-state index contributed by atoms with van der Waals surface area (Å²) in [5.41, 5.74) is 1.21. The lowest BCUT2D eigenvalue weighted by molar-refractivity contribution is -0.140. The van der Waals surface area contributed by atoms with Gasteiger partial charge >= 0.3 is 5.97 Å². The lowest BCUT2D eigenvalue weighted by atomic mass is 10.1. The Kier molecular flexibility index (Phi) is 7.37. The largest absolute Gasteiger partial charge is 0.469 e. The number of esters is 1. The van der Waals surface area contributed by atoms with Crippen molar-refractivity contribution in [3.63, 3.8) is 0 Å². The first-order valence-corrected chi connectivity index (χ1v) is 11.9. The van der Waals surface area contributed by atoms with Crippen LogP contribution < -0.4 is 4.90 Å². The third-order valence-corrected chi connectivity index (χ3v) is 7.19. The molecule has 0 amide bonds. The predicted molar refractivity (Wildman–Crippen MR) is 121 cm³/mol. The SMILES string of the molecule is COC(=O)CCN(CC1CCCO1)c1nc(CN2CCOCC2)nc2sc(C)c(C)c12. The van der Waals surface area contributed by atoms with E-state index in [4.69, 9.17) is 24.2 Å². The summed E-state index contributed by atoms with van der Waals surface area (Å²) in [5, 5.41) is 1.09. The molecule has 2 aliphatic rings. The van der Waals surface area contributed by atoms with Crippen LogP contribution >= 0.6 is 11.3 Å². The summed E-state index contributed by atoms with van der Waals surface area (Å²) in [6.07, 6.45) is 2.58. The summed E-state index contributed by atoms with van der Waals surface area (Å²) in [6, 6.07) is 0. The first-order valence-electron chi connectivity index (χ1n) is 11.0. The molecule has 2 aromatic heterocycles. The molecular weight excluding hydrogens is 416 g/mol. The normalized spacial score (nSPS) is 19.8. The monoisotopic (exact) mass is 448 g/mol. The fourth-order valence-electron chi connectivity index (χ4n) is 4.18. The van der Waals surface area contributed by atoms with Gasteiger partial charge in [0.2, 0.25) is 0 Å². The van der Waals surface area contributed by atoms with Crippen LogP contribution in [0.15, 0.2) is 0 Å². The number of hydrogen-bond acceptors (Lipinski definition) is 9. The zero-order valence-corrected chi connectivity index (χ0v) is 19.5. The van der Waals surface area contributed by atoms with Crippen molar-refractivity contribution in [2.24, 2.45) is 0 Å². The van der Waals surface area contributed by atoms with Crippen molar-refractivity contribution in [3.8, 4) is 0 Å². The Morgan fingerprint density at radius 1 is 1.26 bits per heavy atom. The maximum atomic E-state index is 11.9. The standard InChI is InChI=1S/C22H32N4O4S/c1-15-16(2)31-22-20(15)21(23-18(24-22)14-25-8-11-29-12-9-25)26(7-6-19(27)28-3)13-17-5-4-10-30-17/h17H,4-14H2,1-3H3. The van der Waals surface area contributed by atoms with E-state index in [-0.39, 0.29) is 12.1 Å². The Labute approximate surface area is 187 Å². The highest BCUT2D eigenvalue weighted by Gasteiger charge is 2.25. The summed E-state index contributed by atoms with van der Waals surface area (Å²) in [5.74, 6) is 1.52. The second-order valence-electron chi connectivity index (χ2n) is 8.22. The molecule has 4 rings (SSSR count). The topological polar surface area (TPSA) is 77.0 Å².